The lowest BCUT2D eigenvalue weighted by atomic mass is 10.2. The van der Waals surface area contributed by atoms with E-state index in [1.807, 2.05) is 17.6 Å². The minimum atomic E-state index is -3.06. The monoisotopic (exact) mass is 400 g/mol. The second kappa shape index (κ2) is 6.16. The number of sulfone groups is 1. The molecule has 1 saturated carbocycles. The van der Waals surface area contributed by atoms with Gasteiger partial charge in [0.05, 0.1) is 29.3 Å². The smallest absolute Gasteiger partial charge is 0.272 e. The van der Waals surface area contributed by atoms with Gasteiger partial charge in [-0.3, -0.25) is 4.79 Å². The zero-order valence-corrected chi connectivity index (χ0v) is 16.2. The maximum Gasteiger partial charge on any atom is 0.272 e. The highest BCUT2D eigenvalue weighted by molar-refractivity contribution is 7.91. The van der Waals surface area contributed by atoms with Crippen molar-refractivity contribution in [3.8, 4) is 11.5 Å². The number of fused-ring (bicyclic) bond motifs is 1. The molecular weight excluding hydrogens is 380 g/mol. The summed E-state index contributed by atoms with van der Waals surface area (Å²) in [6.07, 6.45) is 4.04. The van der Waals surface area contributed by atoms with E-state index in [2.05, 4.69) is 15.3 Å². The molecular formula is C19H20N4O4S. The normalized spacial score (nSPS) is 21.2. The van der Waals surface area contributed by atoms with E-state index in [0.717, 1.165) is 12.8 Å². The Morgan fingerprint density at radius 2 is 2.11 bits per heavy atom. The van der Waals surface area contributed by atoms with E-state index < -0.39 is 9.84 Å². The maximum absolute atomic E-state index is 12.8. The van der Waals surface area contributed by atoms with Gasteiger partial charge in [-0.25, -0.2) is 18.4 Å². The lowest BCUT2D eigenvalue weighted by Crippen LogP contribution is -2.26. The average molecular weight is 400 g/mol. The Hall–Kier alpha value is -2.68. The van der Waals surface area contributed by atoms with Gasteiger partial charge in [0.1, 0.15) is 17.0 Å². The molecule has 1 saturated heterocycles. The van der Waals surface area contributed by atoms with Crippen molar-refractivity contribution in [2.24, 2.45) is 0 Å². The van der Waals surface area contributed by atoms with Crippen molar-refractivity contribution in [3.63, 3.8) is 0 Å². The van der Waals surface area contributed by atoms with Crippen LogP contribution in [0.1, 0.15) is 41.6 Å². The molecule has 1 N–H and O–H groups in total. The van der Waals surface area contributed by atoms with Gasteiger partial charge < -0.3 is 14.3 Å². The van der Waals surface area contributed by atoms with Crippen LogP contribution in [0, 0.1) is 6.92 Å². The third-order valence-electron chi connectivity index (χ3n) is 5.33. The Balaban J connectivity index is 1.70. The highest BCUT2D eigenvalue weighted by atomic mass is 32.2. The Morgan fingerprint density at radius 1 is 1.29 bits per heavy atom. The van der Waals surface area contributed by atoms with E-state index in [1.165, 1.54) is 0 Å². The second-order valence-electron chi connectivity index (χ2n) is 7.53. The maximum atomic E-state index is 12.8. The van der Waals surface area contributed by atoms with Crippen molar-refractivity contribution in [1.82, 2.24) is 19.9 Å². The van der Waals surface area contributed by atoms with Gasteiger partial charge in [0.15, 0.2) is 21.3 Å². The number of nitrogens with one attached hydrogen (secondary N) is 1. The quantitative estimate of drug-likeness (QED) is 0.720. The van der Waals surface area contributed by atoms with Gasteiger partial charge in [0, 0.05) is 6.04 Å². The third-order valence-corrected chi connectivity index (χ3v) is 7.08. The number of hydrogen-bond acceptors (Lipinski definition) is 6. The van der Waals surface area contributed by atoms with E-state index in [-0.39, 0.29) is 35.2 Å². The van der Waals surface area contributed by atoms with Crippen LogP contribution < -0.4 is 5.32 Å². The number of hydrogen-bond donors (Lipinski definition) is 1. The van der Waals surface area contributed by atoms with Gasteiger partial charge >= 0.3 is 0 Å². The molecule has 5 rings (SSSR count). The molecule has 2 aliphatic rings. The van der Waals surface area contributed by atoms with Gasteiger partial charge in [0.25, 0.3) is 5.91 Å². The van der Waals surface area contributed by atoms with Crippen molar-refractivity contribution < 1.29 is 17.6 Å². The predicted octanol–water partition coefficient (Wildman–Crippen LogP) is 2.25. The van der Waals surface area contributed by atoms with E-state index in [4.69, 9.17) is 4.42 Å². The second-order valence-corrected chi connectivity index (χ2v) is 9.76. The molecule has 146 valence electrons. The summed E-state index contributed by atoms with van der Waals surface area (Å²) in [5.41, 5.74) is 1.98. The lowest BCUT2D eigenvalue weighted by Gasteiger charge is -2.14. The Labute approximate surface area is 161 Å². The summed E-state index contributed by atoms with van der Waals surface area (Å²) in [6.45, 7) is 1.83. The van der Waals surface area contributed by atoms with Crippen LogP contribution in [0.3, 0.4) is 0 Å². The lowest BCUT2D eigenvalue weighted by molar-refractivity contribution is 0.0948. The minimum absolute atomic E-state index is 0.0846. The van der Waals surface area contributed by atoms with Crippen LogP contribution in [-0.2, 0) is 9.84 Å². The van der Waals surface area contributed by atoms with E-state index in [9.17, 15) is 13.2 Å². The number of aryl methyl sites for hydroxylation is 1. The SMILES string of the molecule is Cc1nc2c(C(=O)NC3CC3)nc(-c3ccco3)cc2n1C1CCS(=O)(=O)C1. The van der Waals surface area contributed by atoms with Crippen LogP contribution >= 0.6 is 0 Å². The predicted molar refractivity (Wildman–Crippen MR) is 103 cm³/mol. The Morgan fingerprint density at radius 3 is 2.75 bits per heavy atom. The van der Waals surface area contributed by atoms with Gasteiger partial charge in [0.2, 0.25) is 0 Å². The third kappa shape index (κ3) is 2.99. The fourth-order valence-electron chi connectivity index (χ4n) is 3.84. The number of furan rings is 1. The Bertz CT molecular complexity index is 1180. The van der Waals surface area contributed by atoms with Gasteiger partial charge in [-0.15, -0.1) is 0 Å². The standard InChI is InChI=1S/C19H20N4O4S/c1-11-20-17-15(23(11)13-6-8-28(25,26)10-13)9-14(16-3-2-7-27-16)22-18(17)19(24)21-12-4-5-12/h2-3,7,9,12-13H,4-6,8,10H2,1H3,(H,21,24). The largest absolute Gasteiger partial charge is 0.463 e. The molecule has 0 bridgehead atoms. The van der Waals surface area contributed by atoms with Gasteiger partial charge in [-0.05, 0) is 44.4 Å². The molecule has 3 aromatic rings. The number of nitrogens with zero attached hydrogens (tertiary/aromatic N) is 3. The Kier molecular flexibility index (Phi) is 3.84. The number of amides is 1. The molecule has 28 heavy (non-hydrogen) atoms. The molecule has 1 aliphatic carbocycles. The molecule has 0 aromatic carbocycles. The summed E-state index contributed by atoms with van der Waals surface area (Å²) in [4.78, 5) is 22.0. The fraction of sp³-hybridized carbons (Fsp3) is 0.421. The van der Waals surface area contributed by atoms with Crippen LogP contribution in [0.2, 0.25) is 0 Å². The number of aromatic nitrogens is 3. The van der Waals surface area contributed by atoms with Crippen LogP contribution in [0.5, 0.6) is 0 Å². The van der Waals surface area contributed by atoms with Crippen molar-refractivity contribution >= 4 is 26.8 Å². The van der Waals surface area contributed by atoms with Crippen molar-refractivity contribution in [3.05, 3.63) is 36.0 Å². The number of carbonyl (C=O) groups is 1. The van der Waals surface area contributed by atoms with Crippen LogP contribution in [0.25, 0.3) is 22.5 Å². The highest BCUT2D eigenvalue weighted by Gasteiger charge is 2.33. The number of imidazole rings is 1. The molecule has 1 unspecified atom stereocenters. The van der Waals surface area contributed by atoms with Crippen LogP contribution in [-0.4, -0.2) is 46.4 Å². The van der Waals surface area contributed by atoms with Crippen molar-refractivity contribution in [1.29, 1.82) is 0 Å². The highest BCUT2D eigenvalue weighted by Crippen LogP contribution is 2.32. The summed E-state index contributed by atoms with van der Waals surface area (Å²) >= 11 is 0. The first-order valence-corrected chi connectivity index (χ1v) is 11.2. The molecule has 2 fully saturated rings. The summed E-state index contributed by atoms with van der Waals surface area (Å²) in [7, 11) is -3.06. The fourth-order valence-corrected chi connectivity index (χ4v) is 5.54. The zero-order valence-electron chi connectivity index (χ0n) is 15.4. The molecule has 1 aliphatic heterocycles. The first-order valence-electron chi connectivity index (χ1n) is 9.36. The zero-order chi connectivity index (χ0) is 19.5. The van der Waals surface area contributed by atoms with Crippen LogP contribution in [0.15, 0.2) is 28.9 Å². The van der Waals surface area contributed by atoms with Gasteiger partial charge in [-0.2, -0.15) is 0 Å². The minimum Gasteiger partial charge on any atom is -0.463 e. The first-order chi connectivity index (χ1) is 13.4. The average Bonchev–Trinajstić information content (AvgIpc) is 3.05. The summed E-state index contributed by atoms with van der Waals surface area (Å²) in [5, 5.41) is 2.97. The molecule has 0 radical (unpaired) electrons. The molecule has 9 heteroatoms. The first kappa shape index (κ1) is 17.4. The van der Waals surface area contributed by atoms with E-state index in [0.29, 0.717) is 34.7 Å². The number of rotatable bonds is 4. The van der Waals surface area contributed by atoms with E-state index in [1.54, 1.807) is 18.4 Å². The van der Waals surface area contributed by atoms with Crippen molar-refractivity contribution in [2.45, 2.75) is 38.3 Å². The topological polar surface area (TPSA) is 107 Å². The summed E-state index contributed by atoms with van der Waals surface area (Å²) in [6, 6.07) is 5.37. The van der Waals surface area contributed by atoms with E-state index >= 15 is 0 Å². The number of pyridine rings is 1. The molecule has 3 aromatic heterocycles. The summed E-state index contributed by atoms with van der Waals surface area (Å²) in [5.74, 6) is 1.22. The molecule has 0 spiro atoms. The van der Waals surface area contributed by atoms with Gasteiger partial charge in [-0.1, -0.05) is 0 Å². The van der Waals surface area contributed by atoms with Crippen molar-refractivity contribution in [2.75, 3.05) is 11.5 Å². The molecule has 1 amide bonds. The molecule has 8 nitrogen and oxygen atoms in total. The molecule has 4 heterocycles. The molecule has 1 atom stereocenters. The van der Waals surface area contributed by atoms with Crippen LogP contribution in [0.4, 0.5) is 0 Å². The number of carbonyl (C=O) groups excluding carboxylic acids is 1. The summed E-state index contributed by atoms with van der Waals surface area (Å²) < 4.78 is 31.4.